The Kier molecular flexibility index (Phi) is 5.00. The number of hydrogen-bond acceptors (Lipinski definition) is 3. The zero-order chi connectivity index (χ0) is 17.7. The number of amides is 2. The number of nitriles is 1. The number of anilines is 1. The number of benzene rings is 2. The highest BCUT2D eigenvalue weighted by Crippen LogP contribution is 2.13. The van der Waals surface area contributed by atoms with Crippen molar-refractivity contribution in [1.29, 1.82) is 5.26 Å². The summed E-state index contributed by atoms with van der Waals surface area (Å²) in [5.74, 6) is -0.541. The molecule has 2 amide bonds. The summed E-state index contributed by atoms with van der Waals surface area (Å²) in [5, 5.41) is 14.4. The first-order valence-electron chi connectivity index (χ1n) is 7.52. The molecule has 0 spiro atoms. The lowest BCUT2D eigenvalue weighted by atomic mass is 10.1. The summed E-state index contributed by atoms with van der Waals surface area (Å²) in [6.07, 6.45) is 0. The van der Waals surface area contributed by atoms with E-state index in [1.165, 1.54) is 0 Å². The molecule has 0 heterocycles. The largest absolute Gasteiger partial charge is 0.347 e. The van der Waals surface area contributed by atoms with Crippen molar-refractivity contribution >= 4 is 17.5 Å². The van der Waals surface area contributed by atoms with Crippen LogP contribution in [-0.4, -0.2) is 17.4 Å². The van der Waals surface area contributed by atoms with E-state index in [1.54, 1.807) is 48.5 Å². The minimum atomic E-state index is -0.349. The quantitative estimate of drug-likeness (QED) is 0.909. The molecule has 2 aromatic rings. The fourth-order valence-electron chi connectivity index (χ4n) is 2.05. The van der Waals surface area contributed by atoms with Crippen molar-refractivity contribution in [2.75, 3.05) is 5.32 Å². The molecule has 2 N–H and O–H groups in total. The van der Waals surface area contributed by atoms with Crippen LogP contribution in [0.3, 0.4) is 0 Å². The molecular weight excluding hydrogens is 302 g/mol. The minimum Gasteiger partial charge on any atom is -0.347 e. The van der Waals surface area contributed by atoms with Crippen molar-refractivity contribution in [3.63, 3.8) is 0 Å². The Morgan fingerprint density at radius 3 is 2.08 bits per heavy atom. The summed E-state index contributed by atoms with van der Waals surface area (Å²) in [6, 6.07) is 15.1. The molecule has 0 atom stereocenters. The van der Waals surface area contributed by atoms with Crippen LogP contribution in [0, 0.1) is 11.3 Å². The fourth-order valence-corrected chi connectivity index (χ4v) is 2.05. The molecule has 0 aliphatic rings. The number of carbonyl (C=O) groups excluding carboxylic acids is 2. The van der Waals surface area contributed by atoms with E-state index in [-0.39, 0.29) is 17.4 Å². The maximum atomic E-state index is 12.3. The summed E-state index contributed by atoms with van der Waals surface area (Å²) in [4.78, 5) is 24.5. The van der Waals surface area contributed by atoms with Gasteiger partial charge in [0.05, 0.1) is 11.6 Å². The van der Waals surface area contributed by atoms with Gasteiger partial charge in [-0.25, -0.2) is 0 Å². The van der Waals surface area contributed by atoms with Crippen LogP contribution >= 0.6 is 0 Å². The van der Waals surface area contributed by atoms with E-state index < -0.39 is 0 Å². The molecule has 2 rings (SSSR count). The predicted octanol–water partition coefficient (Wildman–Crippen LogP) is 3.34. The Labute approximate surface area is 141 Å². The molecule has 5 nitrogen and oxygen atoms in total. The van der Waals surface area contributed by atoms with E-state index in [4.69, 9.17) is 5.26 Å². The predicted molar refractivity (Wildman–Crippen MR) is 92.8 cm³/mol. The molecule has 0 unspecified atom stereocenters. The second kappa shape index (κ2) is 6.97. The van der Waals surface area contributed by atoms with Gasteiger partial charge in [0.25, 0.3) is 11.8 Å². The molecule has 5 heteroatoms. The molecule has 0 saturated carbocycles. The topological polar surface area (TPSA) is 82.0 Å². The first kappa shape index (κ1) is 17.2. The van der Waals surface area contributed by atoms with Crippen LogP contribution in [0.1, 0.15) is 47.1 Å². The van der Waals surface area contributed by atoms with Gasteiger partial charge in [0, 0.05) is 22.4 Å². The molecule has 0 aliphatic heterocycles. The number of nitrogens with one attached hydrogen (secondary N) is 2. The second-order valence-corrected chi connectivity index (χ2v) is 6.43. The first-order valence-corrected chi connectivity index (χ1v) is 7.52. The van der Waals surface area contributed by atoms with Crippen molar-refractivity contribution in [3.05, 3.63) is 65.2 Å². The van der Waals surface area contributed by atoms with E-state index in [2.05, 4.69) is 10.6 Å². The van der Waals surface area contributed by atoms with E-state index in [9.17, 15) is 9.59 Å². The van der Waals surface area contributed by atoms with Crippen molar-refractivity contribution in [3.8, 4) is 6.07 Å². The highest BCUT2D eigenvalue weighted by atomic mass is 16.2. The van der Waals surface area contributed by atoms with Gasteiger partial charge >= 0.3 is 0 Å². The van der Waals surface area contributed by atoms with Crippen LogP contribution in [0.15, 0.2) is 48.5 Å². The van der Waals surface area contributed by atoms with Crippen LogP contribution in [0.25, 0.3) is 0 Å². The van der Waals surface area contributed by atoms with Gasteiger partial charge in [-0.15, -0.1) is 0 Å². The van der Waals surface area contributed by atoms with E-state index >= 15 is 0 Å². The van der Waals surface area contributed by atoms with Gasteiger partial charge in [0.1, 0.15) is 0 Å². The molecule has 2 aromatic carbocycles. The standard InChI is InChI=1S/C19H19N3O2/c1-19(2,3)22-18(24)15-6-4-5-14(11-15)17(23)21-16-9-7-13(12-20)8-10-16/h4-11H,1-3H3,(H,21,23)(H,22,24). The average Bonchev–Trinajstić information content (AvgIpc) is 2.54. The van der Waals surface area contributed by atoms with Crippen LogP contribution < -0.4 is 10.6 Å². The SMILES string of the molecule is CC(C)(C)NC(=O)c1cccc(C(=O)Nc2ccc(C#N)cc2)c1. The van der Waals surface area contributed by atoms with Crippen molar-refractivity contribution in [1.82, 2.24) is 5.32 Å². The molecule has 0 aliphatic carbocycles. The van der Waals surface area contributed by atoms with Crippen LogP contribution in [0.4, 0.5) is 5.69 Å². The molecular formula is C19H19N3O2. The maximum absolute atomic E-state index is 12.3. The Balaban J connectivity index is 2.13. The van der Waals surface area contributed by atoms with Gasteiger partial charge in [-0.1, -0.05) is 6.07 Å². The van der Waals surface area contributed by atoms with Gasteiger partial charge in [0.2, 0.25) is 0 Å². The van der Waals surface area contributed by atoms with Crippen LogP contribution in [-0.2, 0) is 0 Å². The van der Waals surface area contributed by atoms with Crippen LogP contribution in [0.5, 0.6) is 0 Å². The Morgan fingerprint density at radius 1 is 0.958 bits per heavy atom. The zero-order valence-corrected chi connectivity index (χ0v) is 13.9. The third-order valence-corrected chi connectivity index (χ3v) is 3.15. The lowest BCUT2D eigenvalue weighted by Crippen LogP contribution is -2.40. The van der Waals surface area contributed by atoms with Crippen molar-refractivity contribution in [2.45, 2.75) is 26.3 Å². The maximum Gasteiger partial charge on any atom is 0.255 e. The molecule has 122 valence electrons. The number of hydrogen-bond donors (Lipinski definition) is 2. The summed E-state index contributed by atoms with van der Waals surface area (Å²) >= 11 is 0. The molecule has 0 bridgehead atoms. The number of nitrogens with zero attached hydrogens (tertiary/aromatic N) is 1. The fraction of sp³-hybridized carbons (Fsp3) is 0.211. The molecule has 0 fully saturated rings. The van der Waals surface area contributed by atoms with Crippen molar-refractivity contribution < 1.29 is 9.59 Å². The summed E-state index contributed by atoms with van der Waals surface area (Å²) < 4.78 is 0. The summed E-state index contributed by atoms with van der Waals surface area (Å²) in [5.41, 5.74) is 1.58. The lowest BCUT2D eigenvalue weighted by Gasteiger charge is -2.20. The third-order valence-electron chi connectivity index (χ3n) is 3.15. The van der Waals surface area contributed by atoms with Crippen LogP contribution in [0.2, 0.25) is 0 Å². The lowest BCUT2D eigenvalue weighted by molar-refractivity contribution is 0.0919. The second-order valence-electron chi connectivity index (χ2n) is 6.43. The smallest absolute Gasteiger partial charge is 0.255 e. The van der Waals surface area contributed by atoms with Gasteiger partial charge in [-0.05, 0) is 63.2 Å². The monoisotopic (exact) mass is 321 g/mol. The van der Waals surface area contributed by atoms with Gasteiger partial charge in [-0.3, -0.25) is 9.59 Å². The van der Waals surface area contributed by atoms with Gasteiger partial charge in [0.15, 0.2) is 0 Å². The summed E-state index contributed by atoms with van der Waals surface area (Å²) in [7, 11) is 0. The van der Waals surface area contributed by atoms with E-state index in [0.717, 1.165) is 0 Å². The Morgan fingerprint density at radius 2 is 1.54 bits per heavy atom. The number of rotatable bonds is 3. The summed E-state index contributed by atoms with van der Waals surface area (Å²) in [6.45, 7) is 5.69. The van der Waals surface area contributed by atoms with E-state index in [0.29, 0.717) is 22.4 Å². The molecule has 0 radical (unpaired) electrons. The Bertz CT molecular complexity index is 797. The zero-order valence-electron chi connectivity index (χ0n) is 13.9. The normalized spacial score (nSPS) is 10.6. The third kappa shape index (κ3) is 4.68. The van der Waals surface area contributed by atoms with Crippen molar-refractivity contribution in [2.24, 2.45) is 0 Å². The highest BCUT2D eigenvalue weighted by molar-refractivity contribution is 6.06. The van der Waals surface area contributed by atoms with Gasteiger partial charge in [-0.2, -0.15) is 5.26 Å². The first-order chi connectivity index (χ1) is 11.3. The Hall–Kier alpha value is -3.13. The average molecular weight is 321 g/mol. The number of carbonyl (C=O) groups is 2. The molecule has 24 heavy (non-hydrogen) atoms. The molecule has 0 aromatic heterocycles. The van der Waals surface area contributed by atoms with Gasteiger partial charge < -0.3 is 10.6 Å². The molecule has 0 saturated heterocycles. The minimum absolute atomic E-state index is 0.226. The highest BCUT2D eigenvalue weighted by Gasteiger charge is 2.16. The van der Waals surface area contributed by atoms with E-state index in [1.807, 2.05) is 26.8 Å².